The van der Waals surface area contributed by atoms with Gasteiger partial charge in [-0.1, -0.05) is 32.4 Å². The van der Waals surface area contributed by atoms with Gasteiger partial charge in [-0.3, -0.25) is 0 Å². The van der Waals surface area contributed by atoms with Crippen molar-refractivity contribution in [2.45, 2.75) is 46.0 Å². The summed E-state index contributed by atoms with van der Waals surface area (Å²) in [6, 6.07) is 0. The highest BCUT2D eigenvalue weighted by Gasteiger charge is 1.97. The zero-order chi connectivity index (χ0) is 9.23. The van der Waals surface area contributed by atoms with E-state index in [0.29, 0.717) is 12.3 Å². The maximum atomic E-state index is 10.1. The topological polar surface area (TPSA) is 17.1 Å². The molecule has 0 aliphatic carbocycles. The molecule has 12 heavy (non-hydrogen) atoms. The monoisotopic (exact) mass is 168 g/mol. The number of unbranched alkanes of at least 4 members (excludes halogenated alkanes) is 1. The molecular weight excluding hydrogens is 148 g/mol. The van der Waals surface area contributed by atoms with Crippen LogP contribution in [0.4, 0.5) is 0 Å². The summed E-state index contributed by atoms with van der Waals surface area (Å²) in [6.45, 7) is 4.31. The minimum Gasteiger partial charge on any atom is -0.303 e. The molecule has 0 aromatic rings. The van der Waals surface area contributed by atoms with Crippen LogP contribution in [0, 0.1) is 5.92 Å². The molecule has 0 amide bonds. The summed E-state index contributed by atoms with van der Waals surface area (Å²) in [5.41, 5.74) is 0. The largest absolute Gasteiger partial charge is 0.303 e. The third-order valence-electron chi connectivity index (χ3n) is 1.95. The van der Waals surface area contributed by atoms with Gasteiger partial charge in [-0.25, -0.2) is 0 Å². The zero-order valence-corrected chi connectivity index (χ0v) is 8.25. The average molecular weight is 168 g/mol. The molecule has 0 saturated heterocycles. The average Bonchev–Trinajstić information content (AvgIpc) is 2.05. The van der Waals surface area contributed by atoms with Crippen molar-refractivity contribution in [2.75, 3.05) is 0 Å². The van der Waals surface area contributed by atoms with E-state index < -0.39 is 0 Å². The van der Waals surface area contributed by atoms with Gasteiger partial charge in [0.05, 0.1) is 0 Å². The highest BCUT2D eigenvalue weighted by molar-refractivity contribution is 5.49. The Kier molecular flexibility index (Phi) is 8.09. The lowest BCUT2D eigenvalue weighted by molar-refractivity contribution is -0.108. The molecule has 70 valence electrons. The summed E-state index contributed by atoms with van der Waals surface area (Å²) in [6.07, 6.45) is 10.8. The van der Waals surface area contributed by atoms with Crippen molar-refractivity contribution in [2.24, 2.45) is 5.92 Å². The number of allylic oxidation sites excluding steroid dienone is 2. The van der Waals surface area contributed by atoms with Crippen LogP contribution >= 0.6 is 0 Å². The molecule has 1 heteroatoms. The van der Waals surface area contributed by atoms with Crippen LogP contribution < -0.4 is 0 Å². The molecule has 0 heterocycles. The van der Waals surface area contributed by atoms with Crippen molar-refractivity contribution in [1.82, 2.24) is 0 Å². The van der Waals surface area contributed by atoms with E-state index in [1.807, 2.05) is 0 Å². The normalized spacial score (nSPS) is 13.5. The van der Waals surface area contributed by atoms with Crippen LogP contribution in [-0.2, 0) is 4.79 Å². The van der Waals surface area contributed by atoms with Crippen LogP contribution in [0.3, 0.4) is 0 Å². The standard InChI is InChI=1S/C11H20O/c1-3-4-5-6-7-8-11(2)9-10-12/h5-6,10-11H,3-4,7-9H2,1-2H3. The molecule has 1 nitrogen and oxygen atoms in total. The number of carbonyl (C=O) groups excluding carboxylic acids is 1. The summed E-state index contributed by atoms with van der Waals surface area (Å²) in [5, 5.41) is 0. The van der Waals surface area contributed by atoms with E-state index in [4.69, 9.17) is 0 Å². The molecule has 0 spiro atoms. The predicted octanol–water partition coefficient (Wildman–Crippen LogP) is 3.35. The van der Waals surface area contributed by atoms with Gasteiger partial charge in [0.2, 0.25) is 0 Å². The molecule has 0 aromatic carbocycles. The van der Waals surface area contributed by atoms with Gasteiger partial charge in [0.1, 0.15) is 6.29 Å². The van der Waals surface area contributed by atoms with Crippen molar-refractivity contribution in [3.8, 4) is 0 Å². The maximum absolute atomic E-state index is 10.1. The van der Waals surface area contributed by atoms with Crippen LogP contribution in [0.25, 0.3) is 0 Å². The molecule has 0 aliphatic heterocycles. The molecular formula is C11H20O. The Balaban J connectivity index is 3.23. The molecule has 0 radical (unpaired) electrons. The van der Waals surface area contributed by atoms with Gasteiger partial charge in [-0.05, 0) is 25.2 Å². The lowest BCUT2D eigenvalue weighted by atomic mass is 10.0. The Bertz CT molecular complexity index is 127. The fraction of sp³-hybridized carbons (Fsp3) is 0.727. The van der Waals surface area contributed by atoms with E-state index in [1.54, 1.807) is 0 Å². The first-order valence-corrected chi connectivity index (χ1v) is 4.89. The van der Waals surface area contributed by atoms with E-state index in [2.05, 4.69) is 26.0 Å². The molecule has 0 fully saturated rings. The Morgan fingerprint density at radius 1 is 1.25 bits per heavy atom. The van der Waals surface area contributed by atoms with Crippen molar-refractivity contribution in [3.05, 3.63) is 12.2 Å². The van der Waals surface area contributed by atoms with E-state index in [-0.39, 0.29) is 0 Å². The van der Waals surface area contributed by atoms with Crippen LogP contribution in [0.5, 0.6) is 0 Å². The molecule has 0 aliphatic rings. The minimum absolute atomic E-state index is 0.550. The number of aldehydes is 1. The van der Waals surface area contributed by atoms with Gasteiger partial charge >= 0.3 is 0 Å². The van der Waals surface area contributed by atoms with Gasteiger partial charge in [0, 0.05) is 6.42 Å². The molecule has 0 aromatic heterocycles. The Morgan fingerprint density at radius 3 is 2.50 bits per heavy atom. The van der Waals surface area contributed by atoms with Crippen LogP contribution in [-0.4, -0.2) is 6.29 Å². The van der Waals surface area contributed by atoms with E-state index >= 15 is 0 Å². The van der Waals surface area contributed by atoms with E-state index in [1.165, 1.54) is 12.8 Å². The predicted molar refractivity (Wildman–Crippen MR) is 53.1 cm³/mol. The lowest BCUT2D eigenvalue weighted by Gasteiger charge is -2.03. The van der Waals surface area contributed by atoms with Gasteiger partial charge in [0.25, 0.3) is 0 Å². The number of hydrogen-bond donors (Lipinski definition) is 0. The fourth-order valence-electron chi connectivity index (χ4n) is 1.07. The second kappa shape index (κ2) is 8.51. The summed E-state index contributed by atoms with van der Waals surface area (Å²) in [5.74, 6) is 0.550. The highest BCUT2D eigenvalue weighted by atomic mass is 16.1. The smallest absolute Gasteiger partial charge is 0.120 e. The summed E-state index contributed by atoms with van der Waals surface area (Å²) in [7, 11) is 0. The van der Waals surface area contributed by atoms with Gasteiger partial charge < -0.3 is 4.79 Å². The summed E-state index contributed by atoms with van der Waals surface area (Å²) in [4.78, 5) is 10.1. The van der Waals surface area contributed by atoms with Gasteiger partial charge in [-0.15, -0.1) is 0 Å². The molecule has 0 saturated carbocycles. The number of rotatable bonds is 7. The second-order valence-corrected chi connectivity index (χ2v) is 3.34. The quantitative estimate of drug-likeness (QED) is 0.421. The summed E-state index contributed by atoms with van der Waals surface area (Å²) < 4.78 is 0. The fourth-order valence-corrected chi connectivity index (χ4v) is 1.07. The molecule has 1 atom stereocenters. The van der Waals surface area contributed by atoms with Crippen LogP contribution in [0.15, 0.2) is 12.2 Å². The minimum atomic E-state index is 0.550. The first-order chi connectivity index (χ1) is 5.81. The molecule has 0 N–H and O–H groups in total. The first-order valence-electron chi connectivity index (χ1n) is 4.89. The van der Waals surface area contributed by atoms with Gasteiger partial charge in [0.15, 0.2) is 0 Å². The third kappa shape index (κ3) is 7.52. The first kappa shape index (κ1) is 11.4. The van der Waals surface area contributed by atoms with Crippen molar-refractivity contribution >= 4 is 6.29 Å². The lowest BCUT2D eigenvalue weighted by Crippen LogP contribution is -1.93. The number of hydrogen-bond acceptors (Lipinski definition) is 1. The van der Waals surface area contributed by atoms with Crippen LogP contribution in [0.2, 0.25) is 0 Å². The number of carbonyl (C=O) groups is 1. The molecule has 0 bridgehead atoms. The zero-order valence-electron chi connectivity index (χ0n) is 8.25. The Labute approximate surface area is 75.9 Å². The Morgan fingerprint density at radius 2 is 1.92 bits per heavy atom. The van der Waals surface area contributed by atoms with Crippen molar-refractivity contribution in [1.29, 1.82) is 0 Å². The molecule has 1 unspecified atom stereocenters. The second-order valence-electron chi connectivity index (χ2n) is 3.34. The van der Waals surface area contributed by atoms with E-state index in [9.17, 15) is 4.79 Å². The van der Waals surface area contributed by atoms with Crippen molar-refractivity contribution < 1.29 is 4.79 Å². The van der Waals surface area contributed by atoms with Crippen LogP contribution in [0.1, 0.15) is 46.0 Å². The van der Waals surface area contributed by atoms with E-state index in [0.717, 1.165) is 19.1 Å². The maximum Gasteiger partial charge on any atom is 0.120 e. The summed E-state index contributed by atoms with van der Waals surface area (Å²) >= 11 is 0. The highest BCUT2D eigenvalue weighted by Crippen LogP contribution is 2.08. The third-order valence-corrected chi connectivity index (χ3v) is 1.95. The van der Waals surface area contributed by atoms with Gasteiger partial charge in [-0.2, -0.15) is 0 Å². The SMILES string of the molecule is CCCC=CCCC(C)CC=O. The van der Waals surface area contributed by atoms with Crippen molar-refractivity contribution in [3.63, 3.8) is 0 Å². The molecule has 0 rings (SSSR count). The Hall–Kier alpha value is -0.590.